The average molecular weight is 389 g/mol. The van der Waals surface area contributed by atoms with Crippen molar-refractivity contribution in [1.82, 2.24) is 10.6 Å². The number of benzene rings is 1. The van der Waals surface area contributed by atoms with Gasteiger partial charge in [0.05, 0.1) is 10.4 Å². The molecule has 0 spiro atoms. The Hall–Kier alpha value is -3.20. The van der Waals surface area contributed by atoms with Crippen molar-refractivity contribution in [3.05, 3.63) is 52.2 Å². The Morgan fingerprint density at radius 3 is 2.56 bits per heavy atom. The van der Waals surface area contributed by atoms with Crippen molar-refractivity contribution in [2.75, 3.05) is 11.9 Å². The zero-order valence-corrected chi connectivity index (χ0v) is 15.6. The molecule has 27 heavy (non-hydrogen) atoms. The number of esters is 1. The second kappa shape index (κ2) is 9.48. The fraction of sp³-hybridized carbons (Fsp3) is 0.222. The van der Waals surface area contributed by atoms with Crippen LogP contribution in [0.5, 0.6) is 0 Å². The third-order valence-electron chi connectivity index (χ3n) is 3.11. The largest absolute Gasteiger partial charge is 0.452 e. The van der Waals surface area contributed by atoms with Crippen molar-refractivity contribution >= 4 is 40.8 Å². The highest BCUT2D eigenvalue weighted by molar-refractivity contribution is 7.12. The summed E-state index contributed by atoms with van der Waals surface area (Å²) in [4.78, 5) is 47.7. The van der Waals surface area contributed by atoms with E-state index < -0.39 is 24.5 Å². The van der Waals surface area contributed by atoms with Crippen LogP contribution in [0.1, 0.15) is 33.9 Å². The van der Waals surface area contributed by atoms with Crippen LogP contribution >= 0.6 is 11.3 Å². The fourth-order valence-corrected chi connectivity index (χ4v) is 2.62. The lowest BCUT2D eigenvalue weighted by atomic mass is 10.2. The highest BCUT2D eigenvalue weighted by Crippen LogP contribution is 2.15. The maximum atomic E-state index is 12.1. The zero-order chi connectivity index (χ0) is 19.8. The van der Waals surface area contributed by atoms with Crippen molar-refractivity contribution in [2.24, 2.45) is 0 Å². The van der Waals surface area contributed by atoms with Gasteiger partial charge in [0.1, 0.15) is 0 Å². The van der Waals surface area contributed by atoms with Gasteiger partial charge in [0.15, 0.2) is 6.61 Å². The van der Waals surface area contributed by atoms with Crippen molar-refractivity contribution in [2.45, 2.75) is 19.9 Å². The summed E-state index contributed by atoms with van der Waals surface area (Å²) in [5, 5.41) is 9.00. The first-order valence-electron chi connectivity index (χ1n) is 8.07. The normalized spacial score (nSPS) is 10.2. The molecule has 3 N–H and O–H groups in total. The quantitative estimate of drug-likeness (QED) is 0.657. The molecule has 1 heterocycles. The highest BCUT2D eigenvalue weighted by Gasteiger charge is 2.14. The number of amides is 4. The number of thiophene rings is 1. The molecule has 0 saturated carbocycles. The van der Waals surface area contributed by atoms with Crippen LogP contribution in [0.25, 0.3) is 0 Å². The number of anilines is 1. The minimum Gasteiger partial charge on any atom is -0.452 e. The number of urea groups is 1. The number of imide groups is 1. The Bertz CT molecular complexity index is 833. The molecule has 0 fully saturated rings. The van der Waals surface area contributed by atoms with Crippen molar-refractivity contribution in [3.63, 3.8) is 0 Å². The first-order chi connectivity index (χ1) is 12.8. The van der Waals surface area contributed by atoms with Gasteiger partial charge in [-0.1, -0.05) is 12.1 Å². The smallest absolute Gasteiger partial charge is 0.338 e. The molecule has 0 aliphatic heterocycles. The second-order valence-electron chi connectivity index (χ2n) is 5.76. The van der Waals surface area contributed by atoms with Crippen LogP contribution in [0.15, 0.2) is 41.8 Å². The van der Waals surface area contributed by atoms with Crippen molar-refractivity contribution < 1.29 is 23.9 Å². The lowest BCUT2D eigenvalue weighted by Crippen LogP contribution is -2.44. The maximum absolute atomic E-state index is 12.1. The fourth-order valence-electron chi connectivity index (χ4n) is 2.00. The third kappa shape index (κ3) is 6.55. The number of carbonyl (C=O) groups is 4. The first kappa shape index (κ1) is 20.1. The van der Waals surface area contributed by atoms with E-state index >= 15 is 0 Å². The molecular weight excluding hydrogens is 370 g/mol. The average Bonchev–Trinajstić information content (AvgIpc) is 3.14. The van der Waals surface area contributed by atoms with E-state index in [0.717, 1.165) is 0 Å². The van der Waals surface area contributed by atoms with Gasteiger partial charge in [-0.2, -0.15) is 0 Å². The van der Waals surface area contributed by atoms with E-state index in [4.69, 9.17) is 4.74 Å². The predicted molar refractivity (Wildman–Crippen MR) is 101 cm³/mol. The number of rotatable bonds is 6. The van der Waals surface area contributed by atoms with Crippen LogP contribution in [0, 0.1) is 0 Å². The van der Waals surface area contributed by atoms with E-state index in [0.29, 0.717) is 10.6 Å². The SMILES string of the molecule is CC(C)NC(=O)NC(=O)COC(=O)c1cccc(NC(=O)c2cccs2)c1. The molecule has 1 aromatic carbocycles. The predicted octanol–water partition coefficient (Wildman–Crippen LogP) is 2.39. The molecule has 0 aliphatic carbocycles. The number of nitrogens with one attached hydrogen (secondary N) is 3. The molecule has 8 nitrogen and oxygen atoms in total. The Morgan fingerprint density at radius 2 is 1.89 bits per heavy atom. The van der Waals surface area contributed by atoms with E-state index in [1.165, 1.54) is 23.5 Å². The van der Waals surface area contributed by atoms with Crippen molar-refractivity contribution in [3.8, 4) is 0 Å². The van der Waals surface area contributed by atoms with Gasteiger partial charge in [0.25, 0.3) is 11.8 Å². The molecule has 0 bridgehead atoms. The molecule has 0 saturated heterocycles. The second-order valence-corrected chi connectivity index (χ2v) is 6.71. The zero-order valence-electron chi connectivity index (χ0n) is 14.8. The van der Waals surface area contributed by atoms with Crippen LogP contribution < -0.4 is 16.0 Å². The summed E-state index contributed by atoms with van der Waals surface area (Å²) < 4.78 is 4.89. The van der Waals surface area contributed by atoms with Gasteiger partial charge in [-0.05, 0) is 43.5 Å². The minimum atomic E-state index is -0.748. The van der Waals surface area contributed by atoms with Crippen LogP contribution in [-0.2, 0) is 9.53 Å². The van der Waals surface area contributed by atoms with E-state index in [-0.39, 0.29) is 17.5 Å². The summed E-state index contributed by atoms with van der Waals surface area (Å²) in [6, 6.07) is 8.80. The van der Waals surface area contributed by atoms with Gasteiger partial charge < -0.3 is 15.4 Å². The summed E-state index contributed by atoms with van der Waals surface area (Å²) in [5.41, 5.74) is 0.585. The Kier molecular flexibility index (Phi) is 7.07. The summed E-state index contributed by atoms with van der Waals surface area (Å²) in [5.74, 6) is -1.78. The summed E-state index contributed by atoms with van der Waals surface area (Å²) >= 11 is 1.30. The van der Waals surface area contributed by atoms with Gasteiger partial charge in [-0.3, -0.25) is 14.9 Å². The van der Waals surface area contributed by atoms with Gasteiger partial charge in [-0.15, -0.1) is 11.3 Å². The van der Waals surface area contributed by atoms with Gasteiger partial charge in [-0.25, -0.2) is 9.59 Å². The van der Waals surface area contributed by atoms with E-state index in [2.05, 4.69) is 10.6 Å². The maximum Gasteiger partial charge on any atom is 0.338 e. The molecule has 4 amide bonds. The number of ether oxygens (including phenoxy) is 1. The van der Waals surface area contributed by atoms with Gasteiger partial charge >= 0.3 is 12.0 Å². The van der Waals surface area contributed by atoms with E-state index in [9.17, 15) is 19.2 Å². The lowest BCUT2D eigenvalue weighted by Gasteiger charge is -2.10. The standard InChI is InChI=1S/C18H19N3O5S/c1-11(2)19-18(25)21-15(22)10-26-17(24)12-5-3-6-13(9-12)20-16(23)14-7-4-8-27-14/h3-9,11H,10H2,1-2H3,(H,20,23)(H2,19,21,22,25). The van der Waals surface area contributed by atoms with Crippen LogP contribution in [0.2, 0.25) is 0 Å². The monoisotopic (exact) mass is 389 g/mol. The summed E-state index contributed by atoms with van der Waals surface area (Å²) in [6.07, 6.45) is 0. The molecule has 0 unspecified atom stereocenters. The topological polar surface area (TPSA) is 114 Å². The number of carbonyl (C=O) groups excluding carboxylic acids is 4. The van der Waals surface area contributed by atoms with Crippen molar-refractivity contribution in [1.29, 1.82) is 0 Å². The molecule has 142 valence electrons. The van der Waals surface area contributed by atoms with Crippen LogP contribution in [-0.4, -0.2) is 36.5 Å². The minimum absolute atomic E-state index is 0.132. The lowest BCUT2D eigenvalue weighted by molar-refractivity contribution is -0.123. The first-order valence-corrected chi connectivity index (χ1v) is 8.95. The molecule has 9 heteroatoms. The van der Waals surface area contributed by atoms with Gasteiger partial charge in [0, 0.05) is 11.7 Å². The molecule has 1 aromatic heterocycles. The van der Waals surface area contributed by atoms with E-state index in [1.807, 2.05) is 5.32 Å². The molecule has 2 rings (SSSR count). The Labute approximate surface area is 159 Å². The molecule has 0 radical (unpaired) electrons. The molecule has 0 atom stereocenters. The number of hydrogen-bond acceptors (Lipinski definition) is 6. The highest BCUT2D eigenvalue weighted by atomic mass is 32.1. The summed E-state index contributed by atoms with van der Waals surface area (Å²) in [7, 11) is 0. The number of hydrogen-bond donors (Lipinski definition) is 3. The Balaban J connectivity index is 1.88. The molecule has 0 aliphatic rings. The van der Waals surface area contributed by atoms with Crippen LogP contribution in [0.3, 0.4) is 0 Å². The summed E-state index contributed by atoms with van der Waals surface area (Å²) in [6.45, 7) is 2.89. The van der Waals surface area contributed by atoms with E-state index in [1.54, 1.807) is 43.5 Å². The van der Waals surface area contributed by atoms with Crippen LogP contribution in [0.4, 0.5) is 10.5 Å². The molecule has 2 aromatic rings. The molecular formula is C18H19N3O5S. The third-order valence-corrected chi connectivity index (χ3v) is 3.98. The Morgan fingerprint density at radius 1 is 1.11 bits per heavy atom. The van der Waals surface area contributed by atoms with Gasteiger partial charge in [0.2, 0.25) is 0 Å².